The summed E-state index contributed by atoms with van der Waals surface area (Å²) in [7, 11) is 0. The number of hydrogen-bond acceptors (Lipinski definition) is 1. The molecule has 20 heavy (non-hydrogen) atoms. The molecule has 1 aliphatic rings. The zero-order chi connectivity index (χ0) is 13.9. The Balaban J connectivity index is 1.59. The zero-order valence-electron chi connectivity index (χ0n) is 12.1. The van der Waals surface area contributed by atoms with E-state index in [0.717, 1.165) is 29.5 Å². The highest BCUT2D eigenvalue weighted by atomic mass is 79.9. The molecule has 0 saturated heterocycles. The second kappa shape index (κ2) is 6.31. The van der Waals surface area contributed by atoms with E-state index in [4.69, 9.17) is 0 Å². The van der Waals surface area contributed by atoms with Crippen LogP contribution in [0.15, 0.2) is 34.9 Å². The molecule has 3 heteroatoms. The number of halogens is 1. The van der Waals surface area contributed by atoms with E-state index in [1.807, 2.05) is 0 Å². The number of fused-ring (bicyclic) bond motifs is 1. The number of nitrogens with one attached hydrogen (secondary N) is 1. The van der Waals surface area contributed by atoms with Gasteiger partial charge in [0.15, 0.2) is 0 Å². The lowest BCUT2D eigenvalue weighted by atomic mass is 9.86. The third-order valence-corrected chi connectivity index (χ3v) is 5.10. The molecule has 0 amide bonds. The third-order valence-electron chi connectivity index (χ3n) is 4.60. The SMILES string of the molecule is CC1CCCCC1NCCn1ccc2cc(Br)ccc21. The van der Waals surface area contributed by atoms with Crippen LogP contribution in [0.4, 0.5) is 0 Å². The van der Waals surface area contributed by atoms with Crippen molar-refractivity contribution in [2.24, 2.45) is 5.92 Å². The Morgan fingerprint density at radius 3 is 2.95 bits per heavy atom. The largest absolute Gasteiger partial charge is 0.346 e. The molecule has 108 valence electrons. The van der Waals surface area contributed by atoms with Gasteiger partial charge in [-0.2, -0.15) is 0 Å². The molecular formula is C17H23BrN2. The molecule has 1 fully saturated rings. The van der Waals surface area contributed by atoms with E-state index < -0.39 is 0 Å². The normalized spacial score (nSPS) is 23.3. The fourth-order valence-electron chi connectivity index (χ4n) is 3.36. The van der Waals surface area contributed by atoms with Crippen LogP contribution in [0.25, 0.3) is 10.9 Å². The second-order valence-corrected chi connectivity index (χ2v) is 6.95. The summed E-state index contributed by atoms with van der Waals surface area (Å²) in [5, 5.41) is 5.07. The van der Waals surface area contributed by atoms with Crippen molar-refractivity contribution in [3.63, 3.8) is 0 Å². The summed E-state index contributed by atoms with van der Waals surface area (Å²) in [4.78, 5) is 0. The van der Waals surface area contributed by atoms with Crippen LogP contribution in [0, 0.1) is 5.92 Å². The van der Waals surface area contributed by atoms with Gasteiger partial charge in [-0.05, 0) is 43.0 Å². The Labute approximate surface area is 129 Å². The van der Waals surface area contributed by atoms with E-state index in [0.29, 0.717) is 0 Å². The Morgan fingerprint density at radius 2 is 2.10 bits per heavy atom. The molecule has 2 aromatic rings. The molecule has 3 rings (SSSR count). The summed E-state index contributed by atoms with van der Waals surface area (Å²) < 4.78 is 3.50. The molecule has 2 nitrogen and oxygen atoms in total. The molecule has 0 aliphatic heterocycles. The first-order valence-corrected chi connectivity index (χ1v) is 8.51. The molecule has 2 unspecified atom stereocenters. The molecule has 1 aromatic heterocycles. The summed E-state index contributed by atoms with van der Waals surface area (Å²) in [6.45, 7) is 4.50. The Bertz CT molecular complexity index is 575. The van der Waals surface area contributed by atoms with Crippen LogP contribution in [-0.4, -0.2) is 17.2 Å². The van der Waals surface area contributed by atoms with E-state index >= 15 is 0 Å². The molecule has 1 aromatic carbocycles. The minimum Gasteiger partial charge on any atom is -0.346 e. The molecule has 0 spiro atoms. The van der Waals surface area contributed by atoms with Crippen LogP contribution in [0.2, 0.25) is 0 Å². The molecule has 0 radical (unpaired) electrons. The molecule has 1 heterocycles. The van der Waals surface area contributed by atoms with Crippen LogP contribution in [-0.2, 0) is 6.54 Å². The van der Waals surface area contributed by atoms with Crippen molar-refractivity contribution < 1.29 is 0 Å². The van der Waals surface area contributed by atoms with E-state index in [1.54, 1.807) is 0 Å². The predicted octanol–water partition coefficient (Wildman–Crippen LogP) is 4.57. The van der Waals surface area contributed by atoms with Crippen LogP contribution >= 0.6 is 15.9 Å². The van der Waals surface area contributed by atoms with Crippen LogP contribution in [0.3, 0.4) is 0 Å². The summed E-state index contributed by atoms with van der Waals surface area (Å²) in [6, 6.07) is 9.42. The lowest BCUT2D eigenvalue weighted by molar-refractivity contribution is 0.279. The average molecular weight is 335 g/mol. The lowest BCUT2D eigenvalue weighted by Gasteiger charge is -2.29. The quantitative estimate of drug-likeness (QED) is 0.866. The first-order valence-electron chi connectivity index (χ1n) is 7.72. The summed E-state index contributed by atoms with van der Waals surface area (Å²) in [5.74, 6) is 0.834. The highest BCUT2D eigenvalue weighted by Gasteiger charge is 2.20. The Kier molecular flexibility index (Phi) is 4.47. The lowest BCUT2D eigenvalue weighted by Crippen LogP contribution is -2.38. The van der Waals surface area contributed by atoms with Gasteiger partial charge in [-0.3, -0.25) is 0 Å². The maximum absolute atomic E-state index is 3.76. The van der Waals surface area contributed by atoms with Crippen molar-refractivity contribution in [1.29, 1.82) is 0 Å². The van der Waals surface area contributed by atoms with Gasteiger partial charge in [0, 0.05) is 40.7 Å². The van der Waals surface area contributed by atoms with Gasteiger partial charge in [-0.15, -0.1) is 0 Å². The fourth-order valence-corrected chi connectivity index (χ4v) is 3.73. The third kappa shape index (κ3) is 3.09. The first kappa shape index (κ1) is 14.2. The van der Waals surface area contributed by atoms with Gasteiger partial charge in [0.25, 0.3) is 0 Å². The van der Waals surface area contributed by atoms with Gasteiger partial charge in [-0.25, -0.2) is 0 Å². The summed E-state index contributed by atoms with van der Waals surface area (Å²) >= 11 is 3.53. The molecule has 1 aliphatic carbocycles. The van der Waals surface area contributed by atoms with Crippen molar-refractivity contribution in [2.45, 2.75) is 45.2 Å². The number of nitrogens with zero attached hydrogens (tertiary/aromatic N) is 1. The maximum Gasteiger partial charge on any atom is 0.0481 e. The van der Waals surface area contributed by atoms with Gasteiger partial charge in [0.05, 0.1) is 0 Å². The van der Waals surface area contributed by atoms with Gasteiger partial charge < -0.3 is 9.88 Å². The second-order valence-electron chi connectivity index (χ2n) is 6.03. The van der Waals surface area contributed by atoms with Crippen molar-refractivity contribution >= 4 is 26.8 Å². The maximum atomic E-state index is 3.76. The summed E-state index contributed by atoms with van der Waals surface area (Å²) in [6.07, 6.45) is 7.74. The van der Waals surface area contributed by atoms with E-state index in [1.165, 1.54) is 36.6 Å². The standard InChI is InChI=1S/C17H23BrN2/c1-13-4-2-3-5-16(13)19-9-11-20-10-8-14-12-15(18)6-7-17(14)20/h6-8,10,12-13,16,19H,2-5,9,11H2,1H3. The minimum atomic E-state index is 0.722. The average Bonchev–Trinajstić information content (AvgIpc) is 2.83. The monoisotopic (exact) mass is 334 g/mol. The number of hydrogen-bond donors (Lipinski definition) is 1. The smallest absolute Gasteiger partial charge is 0.0481 e. The first-order chi connectivity index (χ1) is 9.74. The van der Waals surface area contributed by atoms with E-state index in [-0.39, 0.29) is 0 Å². The van der Waals surface area contributed by atoms with Gasteiger partial charge in [-0.1, -0.05) is 35.7 Å². The molecule has 0 bridgehead atoms. The van der Waals surface area contributed by atoms with E-state index in [2.05, 4.69) is 63.2 Å². The van der Waals surface area contributed by atoms with Crippen LogP contribution in [0.1, 0.15) is 32.6 Å². The van der Waals surface area contributed by atoms with Gasteiger partial charge in [0.1, 0.15) is 0 Å². The Morgan fingerprint density at radius 1 is 1.25 bits per heavy atom. The molecular weight excluding hydrogens is 312 g/mol. The van der Waals surface area contributed by atoms with E-state index in [9.17, 15) is 0 Å². The van der Waals surface area contributed by atoms with Gasteiger partial charge >= 0.3 is 0 Å². The van der Waals surface area contributed by atoms with Crippen molar-refractivity contribution in [1.82, 2.24) is 9.88 Å². The molecule has 1 N–H and O–H groups in total. The predicted molar refractivity (Wildman–Crippen MR) is 89.1 cm³/mol. The highest BCUT2D eigenvalue weighted by Crippen LogP contribution is 2.24. The van der Waals surface area contributed by atoms with Crippen molar-refractivity contribution in [3.05, 3.63) is 34.9 Å². The fraction of sp³-hybridized carbons (Fsp3) is 0.529. The molecule has 1 saturated carbocycles. The minimum absolute atomic E-state index is 0.722. The number of benzene rings is 1. The Hall–Kier alpha value is -0.800. The number of aromatic nitrogens is 1. The zero-order valence-corrected chi connectivity index (χ0v) is 13.7. The van der Waals surface area contributed by atoms with Crippen molar-refractivity contribution in [3.8, 4) is 0 Å². The summed E-state index contributed by atoms with van der Waals surface area (Å²) in [5.41, 5.74) is 1.33. The van der Waals surface area contributed by atoms with Crippen LogP contribution < -0.4 is 5.32 Å². The highest BCUT2D eigenvalue weighted by molar-refractivity contribution is 9.10. The molecule has 2 atom stereocenters. The topological polar surface area (TPSA) is 17.0 Å². The number of rotatable bonds is 4. The van der Waals surface area contributed by atoms with Gasteiger partial charge in [0.2, 0.25) is 0 Å². The van der Waals surface area contributed by atoms with Crippen LogP contribution in [0.5, 0.6) is 0 Å². The van der Waals surface area contributed by atoms with Crippen molar-refractivity contribution in [2.75, 3.05) is 6.54 Å².